The van der Waals surface area contributed by atoms with Gasteiger partial charge in [-0.1, -0.05) is 91.0 Å². The zero-order chi connectivity index (χ0) is 23.9. The fourth-order valence-corrected chi connectivity index (χ4v) is 5.33. The van der Waals surface area contributed by atoms with Crippen molar-refractivity contribution in [2.24, 2.45) is 0 Å². The van der Waals surface area contributed by atoms with Gasteiger partial charge in [0.25, 0.3) is 0 Å². The van der Waals surface area contributed by atoms with Crippen molar-refractivity contribution in [1.29, 1.82) is 0 Å². The van der Waals surface area contributed by atoms with Gasteiger partial charge in [-0.3, -0.25) is 4.79 Å². The fourth-order valence-electron chi connectivity index (χ4n) is 3.69. The minimum atomic E-state index is -0.680. The summed E-state index contributed by atoms with van der Waals surface area (Å²) in [7, 11) is 0. The molecule has 0 aliphatic heterocycles. The molecule has 0 bridgehead atoms. The van der Waals surface area contributed by atoms with E-state index in [1.165, 1.54) is 6.92 Å². The third-order valence-corrected chi connectivity index (χ3v) is 6.83. The Morgan fingerprint density at radius 3 is 1.52 bits per heavy atom. The lowest BCUT2D eigenvalue weighted by Gasteiger charge is -2.36. The number of ether oxygens (including phenoxy) is 1. The van der Waals surface area contributed by atoms with Crippen LogP contribution in [-0.4, -0.2) is 29.3 Å². The maximum Gasteiger partial charge on any atom is 0.408 e. The van der Waals surface area contributed by atoms with Crippen molar-refractivity contribution in [2.45, 2.75) is 44.1 Å². The molecule has 33 heavy (non-hydrogen) atoms. The van der Waals surface area contributed by atoms with Crippen LogP contribution in [0.25, 0.3) is 0 Å². The summed E-state index contributed by atoms with van der Waals surface area (Å²) in [4.78, 5) is 24.9. The molecular weight excluding hydrogens is 430 g/mol. The van der Waals surface area contributed by atoms with E-state index < -0.39 is 22.5 Å². The Morgan fingerprint density at radius 2 is 1.18 bits per heavy atom. The van der Waals surface area contributed by atoms with Gasteiger partial charge < -0.3 is 10.1 Å². The molecule has 1 unspecified atom stereocenters. The Morgan fingerprint density at radius 1 is 0.788 bits per heavy atom. The molecule has 0 spiro atoms. The van der Waals surface area contributed by atoms with Crippen LogP contribution in [0.1, 0.15) is 44.4 Å². The molecule has 0 aromatic heterocycles. The van der Waals surface area contributed by atoms with Crippen LogP contribution in [0.4, 0.5) is 4.79 Å². The predicted octanol–water partition coefficient (Wildman–Crippen LogP) is 6.19. The summed E-state index contributed by atoms with van der Waals surface area (Å²) in [5.41, 5.74) is 2.67. The molecule has 5 heteroatoms. The zero-order valence-electron chi connectivity index (χ0n) is 19.6. The molecule has 3 aromatic carbocycles. The maximum absolute atomic E-state index is 12.5. The second kappa shape index (κ2) is 10.7. The highest BCUT2D eigenvalue weighted by atomic mass is 32.2. The Bertz CT molecular complexity index is 950. The average molecular weight is 462 g/mol. The lowest BCUT2D eigenvalue weighted by Crippen LogP contribution is -2.45. The molecule has 0 aliphatic carbocycles. The van der Waals surface area contributed by atoms with Crippen molar-refractivity contribution < 1.29 is 14.3 Å². The summed E-state index contributed by atoms with van der Waals surface area (Å²) in [5, 5.41) is 2.77. The standard InChI is InChI=1S/C28H31NO3S/c1-21(30)25(29-26(31)32-27(2,3)4)20-33-28(22-14-8-5-9-15-22,23-16-10-6-11-17-23)24-18-12-7-13-19-24/h5-19,25H,20H2,1-4H3,(H,29,31). The average Bonchev–Trinajstić information content (AvgIpc) is 2.79. The minimum absolute atomic E-state index is 0.114. The second-order valence-electron chi connectivity index (χ2n) is 8.90. The van der Waals surface area contributed by atoms with Gasteiger partial charge in [0.15, 0.2) is 5.78 Å². The third kappa shape index (κ3) is 6.26. The van der Waals surface area contributed by atoms with E-state index in [0.717, 1.165) is 16.7 Å². The first-order valence-electron chi connectivity index (χ1n) is 11.0. The number of alkyl carbamates (subject to hydrolysis) is 1. The monoisotopic (exact) mass is 461 g/mol. The van der Waals surface area contributed by atoms with Crippen LogP contribution in [0, 0.1) is 0 Å². The highest BCUT2D eigenvalue weighted by Gasteiger charge is 2.38. The zero-order valence-corrected chi connectivity index (χ0v) is 20.4. The molecule has 0 saturated heterocycles. The molecular formula is C28H31NO3S. The van der Waals surface area contributed by atoms with Gasteiger partial charge in [-0.15, -0.1) is 11.8 Å². The van der Waals surface area contributed by atoms with Crippen molar-refractivity contribution in [2.75, 3.05) is 5.75 Å². The van der Waals surface area contributed by atoms with Crippen molar-refractivity contribution in [1.82, 2.24) is 5.32 Å². The number of carbonyl (C=O) groups excluding carboxylic acids is 2. The number of amides is 1. The van der Waals surface area contributed by atoms with E-state index in [-0.39, 0.29) is 5.78 Å². The van der Waals surface area contributed by atoms with Gasteiger partial charge in [0.1, 0.15) is 5.60 Å². The number of hydrogen-bond acceptors (Lipinski definition) is 4. The highest BCUT2D eigenvalue weighted by molar-refractivity contribution is 8.00. The van der Waals surface area contributed by atoms with Crippen LogP contribution < -0.4 is 5.32 Å². The van der Waals surface area contributed by atoms with Crippen LogP contribution in [0.5, 0.6) is 0 Å². The Labute approximate surface area is 200 Å². The largest absolute Gasteiger partial charge is 0.444 e. The van der Waals surface area contributed by atoms with Crippen molar-refractivity contribution >= 4 is 23.6 Å². The summed E-state index contributed by atoms with van der Waals surface area (Å²) in [5.74, 6) is 0.268. The van der Waals surface area contributed by atoms with E-state index in [1.54, 1.807) is 32.5 Å². The van der Waals surface area contributed by atoms with Crippen LogP contribution in [0.2, 0.25) is 0 Å². The maximum atomic E-state index is 12.5. The summed E-state index contributed by atoms with van der Waals surface area (Å²) >= 11 is 1.63. The summed E-state index contributed by atoms with van der Waals surface area (Å²) in [6, 6.07) is 30.1. The molecule has 0 fully saturated rings. The van der Waals surface area contributed by atoms with Gasteiger partial charge in [-0.2, -0.15) is 0 Å². The molecule has 3 rings (SSSR count). The number of thioether (sulfide) groups is 1. The number of hydrogen-bond donors (Lipinski definition) is 1. The van der Waals surface area contributed by atoms with E-state index in [9.17, 15) is 9.59 Å². The highest BCUT2D eigenvalue weighted by Crippen LogP contribution is 2.48. The summed E-state index contributed by atoms with van der Waals surface area (Å²) in [6.45, 7) is 6.90. The lowest BCUT2D eigenvalue weighted by molar-refractivity contribution is -0.118. The number of ketones is 1. The normalized spacial score (nSPS) is 12.6. The molecule has 1 atom stereocenters. The molecule has 172 valence electrons. The number of rotatable bonds is 8. The fraction of sp³-hybridized carbons (Fsp3) is 0.286. The van der Waals surface area contributed by atoms with Gasteiger partial charge in [-0.25, -0.2) is 4.79 Å². The van der Waals surface area contributed by atoms with Gasteiger partial charge >= 0.3 is 6.09 Å². The quantitative estimate of drug-likeness (QED) is 0.406. The molecule has 0 saturated carbocycles. The first-order valence-corrected chi connectivity index (χ1v) is 12.0. The number of Topliss-reactive ketones (excluding diaryl/α,β-unsaturated/α-hetero) is 1. The van der Waals surface area contributed by atoms with Crippen molar-refractivity contribution in [3.8, 4) is 0 Å². The molecule has 0 aliphatic rings. The van der Waals surface area contributed by atoms with E-state index in [2.05, 4.69) is 41.7 Å². The smallest absolute Gasteiger partial charge is 0.408 e. The second-order valence-corrected chi connectivity index (χ2v) is 10.1. The van der Waals surface area contributed by atoms with Crippen LogP contribution >= 0.6 is 11.8 Å². The van der Waals surface area contributed by atoms with E-state index in [0.29, 0.717) is 5.75 Å². The van der Waals surface area contributed by atoms with E-state index >= 15 is 0 Å². The van der Waals surface area contributed by atoms with E-state index in [1.807, 2.05) is 54.6 Å². The number of benzene rings is 3. The number of carbonyl (C=O) groups is 2. The van der Waals surface area contributed by atoms with Crippen molar-refractivity contribution in [3.63, 3.8) is 0 Å². The van der Waals surface area contributed by atoms with Gasteiger partial charge in [0.05, 0.1) is 10.8 Å². The lowest BCUT2D eigenvalue weighted by atomic mass is 9.84. The predicted molar refractivity (Wildman–Crippen MR) is 136 cm³/mol. The van der Waals surface area contributed by atoms with Crippen molar-refractivity contribution in [3.05, 3.63) is 108 Å². The Balaban J connectivity index is 2.03. The van der Waals surface area contributed by atoms with Gasteiger partial charge in [0, 0.05) is 5.75 Å². The SMILES string of the molecule is CC(=O)C(CSC(c1ccccc1)(c1ccccc1)c1ccccc1)NC(=O)OC(C)(C)C. The van der Waals surface area contributed by atoms with Crippen LogP contribution in [0.3, 0.4) is 0 Å². The Hall–Kier alpha value is -3.05. The molecule has 4 nitrogen and oxygen atoms in total. The first kappa shape index (κ1) is 24.6. The molecule has 0 radical (unpaired) electrons. The molecule has 0 heterocycles. The minimum Gasteiger partial charge on any atom is -0.444 e. The molecule has 1 N–H and O–H groups in total. The summed E-state index contributed by atoms with van der Waals surface area (Å²) < 4.78 is 4.83. The molecule has 1 amide bonds. The first-order chi connectivity index (χ1) is 15.7. The van der Waals surface area contributed by atoms with Gasteiger partial charge in [-0.05, 0) is 44.4 Å². The van der Waals surface area contributed by atoms with Gasteiger partial charge in [0.2, 0.25) is 0 Å². The van der Waals surface area contributed by atoms with E-state index in [4.69, 9.17) is 4.74 Å². The summed E-state index contributed by atoms with van der Waals surface area (Å²) in [6.07, 6.45) is -0.590. The van der Waals surface area contributed by atoms with Crippen LogP contribution in [-0.2, 0) is 14.3 Å². The Kier molecular flexibility index (Phi) is 7.98. The topological polar surface area (TPSA) is 55.4 Å². The number of nitrogens with one attached hydrogen (secondary N) is 1. The molecule has 3 aromatic rings. The van der Waals surface area contributed by atoms with Crippen LogP contribution in [0.15, 0.2) is 91.0 Å². The third-order valence-electron chi connectivity index (χ3n) is 5.19.